The normalized spacial score (nSPS) is 12.6. The molecule has 0 aliphatic rings. The Labute approximate surface area is 122 Å². The molecule has 0 unspecified atom stereocenters. The van der Waals surface area contributed by atoms with Crippen LogP contribution in [0.3, 0.4) is 0 Å². The lowest BCUT2D eigenvalue weighted by atomic mass is 10.1. The molecular formula is C14H19N5O2. The minimum absolute atomic E-state index is 0.125. The van der Waals surface area contributed by atoms with Gasteiger partial charge in [0.2, 0.25) is 0 Å². The van der Waals surface area contributed by atoms with Crippen LogP contribution in [-0.4, -0.2) is 38.0 Å². The van der Waals surface area contributed by atoms with E-state index in [0.29, 0.717) is 18.5 Å². The van der Waals surface area contributed by atoms with Crippen molar-refractivity contribution >= 4 is 0 Å². The van der Waals surface area contributed by atoms with Gasteiger partial charge >= 0.3 is 5.69 Å². The molecule has 0 amide bonds. The van der Waals surface area contributed by atoms with Crippen molar-refractivity contribution < 1.29 is 0 Å². The van der Waals surface area contributed by atoms with E-state index in [4.69, 9.17) is 0 Å². The Bertz CT molecular complexity index is 707. The monoisotopic (exact) mass is 289 g/mol. The number of H-pyrrole nitrogens is 1. The predicted molar refractivity (Wildman–Crippen MR) is 79.1 cm³/mol. The highest BCUT2D eigenvalue weighted by molar-refractivity contribution is 5.07. The second-order valence-electron chi connectivity index (χ2n) is 5.02. The van der Waals surface area contributed by atoms with Gasteiger partial charge in [-0.15, -0.1) is 0 Å². The Balaban J connectivity index is 2.05. The Morgan fingerprint density at radius 1 is 1.43 bits per heavy atom. The quantitative estimate of drug-likeness (QED) is 0.844. The minimum atomic E-state index is -0.397. The lowest BCUT2D eigenvalue weighted by Gasteiger charge is -2.23. The number of hydrogen-bond acceptors (Lipinski definition) is 5. The SMILES string of the molecule is C[C@H](c1ccncn1)N(C)CCc1c[nH]c(=O)n(C)c1=O. The molecule has 2 rings (SSSR count). The van der Waals surface area contributed by atoms with E-state index in [2.05, 4.69) is 19.9 Å². The van der Waals surface area contributed by atoms with Crippen molar-refractivity contribution in [1.29, 1.82) is 0 Å². The van der Waals surface area contributed by atoms with Gasteiger partial charge in [0.05, 0.1) is 5.69 Å². The molecule has 1 N–H and O–H groups in total. The standard InChI is InChI=1S/C14H19N5O2/c1-10(12-4-6-15-9-17-12)18(2)7-5-11-8-16-14(21)19(3)13(11)20/h4,6,8-10H,5,7H2,1-3H3,(H,16,21)/t10-/m1/s1. The van der Waals surface area contributed by atoms with Crippen LogP contribution in [0.4, 0.5) is 0 Å². The summed E-state index contributed by atoms with van der Waals surface area (Å²) in [6, 6.07) is 2.00. The number of hydrogen-bond donors (Lipinski definition) is 1. The lowest BCUT2D eigenvalue weighted by Crippen LogP contribution is -2.35. The fourth-order valence-electron chi connectivity index (χ4n) is 2.06. The molecule has 1 atom stereocenters. The molecule has 2 aromatic rings. The molecule has 0 spiro atoms. The Morgan fingerprint density at radius 2 is 2.19 bits per heavy atom. The van der Waals surface area contributed by atoms with Gasteiger partial charge in [-0.25, -0.2) is 14.8 Å². The summed E-state index contributed by atoms with van der Waals surface area (Å²) >= 11 is 0. The smallest absolute Gasteiger partial charge is 0.314 e. The molecule has 112 valence electrons. The summed E-state index contributed by atoms with van der Waals surface area (Å²) in [4.78, 5) is 36.1. The number of aromatic amines is 1. The van der Waals surface area contributed by atoms with Crippen molar-refractivity contribution in [3.05, 3.63) is 56.9 Å². The maximum Gasteiger partial charge on any atom is 0.328 e. The van der Waals surface area contributed by atoms with Crippen molar-refractivity contribution in [1.82, 2.24) is 24.4 Å². The Morgan fingerprint density at radius 3 is 2.86 bits per heavy atom. The van der Waals surface area contributed by atoms with E-state index in [0.717, 1.165) is 10.3 Å². The number of aromatic nitrogens is 4. The van der Waals surface area contributed by atoms with Crippen LogP contribution in [0.1, 0.15) is 24.2 Å². The fraction of sp³-hybridized carbons (Fsp3) is 0.429. The molecule has 0 aliphatic carbocycles. The first-order valence-corrected chi connectivity index (χ1v) is 6.74. The fourth-order valence-corrected chi connectivity index (χ4v) is 2.06. The van der Waals surface area contributed by atoms with Crippen molar-refractivity contribution in [2.75, 3.05) is 13.6 Å². The van der Waals surface area contributed by atoms with Crippen LogP contribution in [-0.2, 0) is 13.5 Å². The second kappa shape index (κ2) is 6.45. The molecule has 0 saturated heterocycles. The van der Waals surface area contributed by atoms with Crippen molar-refractivity contribution in [3.8, 4) is 0 Å². The lowest BCUT2D eigenvalue weighted by molar-refractivity contribution is 0.259. The number of nitrogens with one attached hydrogen (secondary N) is 1. The van der Waals surface area contributed by atoms with E-state index in [1.807, 2.05) is 20.0 Å². The zero-order valence-corrected chi connectivity index (χ0v) is 12.4. The van der Waals surface area contributed by atoms with Crippen molar-refractivity contribution in [3.63, 3.8) is 0 Å². The first kappa shape index (κ1) is 15.1. The zero-order chi connectivity index (χ0) is 15.4. The Kier molecular flexibility index (Phi) is 4.64. The van der Waals surface area contributed by atoms with Crippen LogP contribution in [0.25, 0.3) is 0 Å². The van der Waals surface area contributed by atoms with Crippen LogP contribution < -0.4 is 11.2 Å². The van der Waals surface area contributed by atoms with Gasteiger partial charge < -0.3 is 4.98 Å². The molecule has 0 bridgehead atoms. The van der Waals surface area contributed by atoms with Crippen LogP contribution >= 0.6 is 0 Å². The third-order valence-electron chi connectivity index (χ3n) is 3.68. The molecule has 0 fully saturated rings. The number of likely N-dealkylation sites (N-methyl/N-ethyl adjacent to an activating group) is 1. The van der Waals surface area contributed by atoms with E-state index in [1.54, 1.807) is 6.20 Å². The molecule has 7 nitrogen and oxygen atoms in total. The number of nitrogens with zero attached hydrogens (tertiary/aromatic N) is 4. The molecule has 0 saturated carbocycles. The van der Waals surface area contributed by atoms with Crippen molar-refractivity contribution in [2.24, 2.45) is 7.05 Å². The van der Waals surface area contributed by atoms with Gasteiger partial charge in [-0.05, 0) is 26.5 Å². The largest absolute Gasteiger partial charge is 0.328 e. The van der Waals surface area contributed by atoms with Gasteiger partial charge in [-0.3, -0.25) is 14.3 Å². The van der Waals surface area contributed by atoms with E-state index in [1.165, 1.54) is 19.6 Å². The van der Waals surface area contributed by atoms with Crippen LogP contribution in [0.15, 0.2) is 34.4 Å². The number of rotatable bonds is 5. The molecule has 0 aliphatic heterocycles. The Hall–Kier alpha value is -2.28. The topological polar surface area (TPSA) is 83.9 Å². The molecular weight excluding hydrogens is 270 g/mol. The predicted octanol–water partition coefficient (Wildman–Crippen LogP) is 0.0991. The summed E-state index contributed by atoms with van der Waals surface area (Å²) in [5, 5.41) is 0. The summed E-state index contributed by atoms with van der Waals surface area (Å²) in [6.07, 6.45) is 5.30. The summed E-state index contributed by atoms with van der Waals surface area (Å²) in [7, 11) is 3.45. The van der Waals surface area contributed by atoms with Gasteiger partial charge in [-0.2, -0.15) is 0 Å². The van der Waals surface area contributed by atoms with E-state index < -0.39 is 5.69 Å². The molecule has 0 radical (unpaired) electrons. The molecule has 0 aromatic carbocycles. The van der Waals surface area contributed by atoms with Crippen LogP contribution in [0, 0.1) is 0 Å². The second-order valence-corrected chi connectivity index (χ2v) is 5.02. The maximum absolute atomic E-state index is 11.9. The molecule has 21 heavy (non-hydrogen) atoms. The average molecular weight is 289 g/mol. The highest BCUT2D eigenvalue weighted by Crippen LogP contribution is 2.15. The van der Waals surface area contributed by atoms with Gasteiger partial charge in [0.1, 0.15) is 6.33 Å². The first-order chi connectivity index (χ1) is 10.0. The molecule has 2 aromatic heterocycles. The van der Waals surface area contributed by atoms with Gasteiger partial charge in [0.15, 0.2) is 0 Å². The first-order valence-electron chi connectivity index (χ1n) is 6.74. The third kappa shape index (κ3) is 3.43. The van der Waals surface area contributed by atoms with E-state index >= 15 is 0 Å². The van der Waals surface area contributed by atoms with Crippen LogP contribution in [0.5, 0.6) is 0 Å². The van der Waals surface area contributed by atoms with Crippen LogP contribution in [0.2, 0.25) is 0 Å². The zero-order valence-electron chi connectivity index (χ0n) is 12.4. The van der Waals surface area contributed by atoms with E-state index in [-0.39, 0.29) is 11.6 Å². The highest BCUT2D eigenvalue weighted by atomic mass is 16.2. The summed E-state index contributed by atoms with van der Waals surface area (Å²) in [5.41, 5.74) is 0.883. The molecule has 2 heterocycles. The maximum atomic E-state index is 11.9. The van der Waals surface area contributed by atoms with E-state index in [9.17, 15) is 9.59 Å². The highest BCUT2D eigenvalue weighted by Gasteiger charge is 2.13. The summed E-state index contributed by atoms with van der Waals surface area (Å²) in [6.45, 7) is 2.74. The van der Waals surface area contributed by atoms with Gasteiger partial charge in [-0.1, -0.05) is 0 Å². The molecule has 7 heteroatoms. The average Bonchev–Trinajstić information content (AvgIpc) is 2.52. The van der Waals surface area contributed by atoms with Crippen molar-refractivity contribution in [2.45, 2.75) is 19.4 Å². The summed E-state index contributed by atoms with van der Waals surface area (Å²) in [5.74, 6) is 0. The van der Waals surface area contributed by atoms with Gasteiger partial charge in [0.25, 0.3) is 5.56 Å². The minimum Gasteiger partial charge on any atom is -0.314 e. The van der Waals surface area contributed by atoms with Gasteiger partial charge in [0, 0.05) is 37.6 Å². The third-order valence-corrected chi connectivity index (χ3v) is 3.68. The summed E-state index contributed by atoms with van der Waals surface area (Å²) < 4.78 is 1.09.